The van der Waals surface area contributed by atoms with Crippen LogP contribution in [0.5, 0.6) is 0 Å². The van der Waals surface area contributed by atoms with E-state index >= 15 is 0 Å². The van der Waals surface area contributed by atoms with Crippen LogP contribution in [-0.4, -0.2) is 29.0 Å². The number of halogens is 1. The van der Waals surface area contributed by atoms with Crippen molar-refractivity contribution in [2.75, 3.05) is 13.1 Å². The molecule has 26 heavy (non-hydrogen) atoms. The van der Waals surface area contributed by atoms with Gasteiger partial charge in [-0.25, -0.2) is 0 Å². The van der Waals surface area contributed by atoms with Crippen molar-refractivity contribution in [3.63, 3.8) is 0 Å². The van der Waals surface area contributed by atoms with Gasteiger partial charge in [0.05, 0.1) is 17.0 Å². The molecule has 3 aromatic rings. The van der Waals surface area contributed by atoms with E-state index in [1.54, 1.807) is 24.3 Å². The lowest BCUT2D eigenvalue weighted by molar-refractivity contribution is -0.384. The number of nitro groups is 1. The highest BCUT2D eigenvalue weighted by molar-refractivity contribution is 6.30. The van der Waals surface area contributed by atoms with Crippen molar-refractivity contribution in [2.45, 2.75) is 0 Å². The molecule has 7 nitrogen and oxygen atoms in total. The van der Waals surface area contributed by atoms with E-state index in [1.165, 1.54) is 12.1 Å². The van der Waals surface area contributed by atoms with E-state index in [2.05, 4.69) is 15.5 Å². The summed E-state index contributed by atoms with van der Waals surface area (Å²) in [6, 6.07) is 13.4. The number of nitrogens with one attached hydrogen (secondary N) is 1. The molecule has 1 aliphatic rings. The van der Waals surface area contributed by atoms with Crippen LogP contribution < -0.4 is 5.32 Å². The van der Waals surface area contributed by atoms with Gasteiger partial charge in [0.15, 0.2) is 5.76 Å². The van der Waals surface area contributed by atoms with Gasteiger partial charge in [-0.15, -0.1) is 0 Å². The average Bonchev–Trinajstić information content (AvgIpc) is 3.32. The quantitative estimate of drug-likeness (QED) is 0.556. The van der Waals surface area contributed by atoms with Gasteiger partial charge in [0.2, 0.25) is 0 Å². The van der Waals surface area contributed by atoms with E-state index in [-0.39, 0.29) is 5.69 Å². The minimum atomic E-state index is -0.435. The molecule has 2 heterocycles. The zero-order valence-electron chi connectivity index (χ0n) is 13.5. The Bertz CT molecular complexity index is 994. The zero-order chi connectivity index (χ0) is 18.1. The molecule has 8 heteroatoms. The number of amidine groups is 1. The standard InChI is InChI=1S/C18H13ClN4O3/c19-13-5-1-12(2-6-13)17-15(18-20-9-10-21-18)16(22-26-17)11-3-7-14(8-4-11)23(24)25/h1-8H,9-10H2,(H,20,21). The van der Waals surface area contributed by atoms with Crippen LogP contribution in [-0.2, 0) is 0 Å². The van der Waals surface area contributed by atoms with Gasteiger partial charge in [0.1, 0.15) is 11.5 Å². The molecule has 0 spiro atoms. The molecule has 130 valence electrons. The average molecular weight is 369 g/mol. The highest BCUT2D eigenvalue weighted by Gasteiger charge is 2.25. The Morgan fingerprint density at radius 1 is 1.08 bits per heavy atom. The van der Waals surface area contributed by atoms with E-state index in [4.69, 9.17) is 16.1 Å². The number of aromatic nitrogens is 1. The predicted molar refractivity (Wildman–Crippen MR) is 98.4 cm³/mol. The smallest absolute Gasteiger partial charge is 0.269 e. The maximum Gasteiger partial charge on any atom is 0.269 e. The molecule has 0 amide bonds. The first-order chi connectivity index (χ1) is 12.6. The number of nitro benzene ring substituents is 1. The Kier molecular flexibility index (Phi) is 4.14. The Labute approximate surface area is 153 Å². The third-order valence-electron chi connectivity index (χ3n) is 4.06. The van der Waals surface area contributed by atoms with Gasteiger partial charge in [0.25, 0.3) is 5.69 Å². The summed E-state index contributed by atoms with van der Waals surface area (Å²) in [5, 5.41) is 18.9. The fraction of sp³-hybridized carbons (Fsp3) is 0.111. The topological polar surface area (TPSA) is 93.6 Å². The van der Waals surface area contributed by atoms with Gasteiger partial charge in [-0.05, 0) is 36.4 Å². The summed E-state index contributed by atoms with van der Waals surface area (Å²) >= 11 is 5.97. The lowest BCUT2D eigenvalue weighted by Crippen LogP contribution is -2.20. The minimum absolute atomic E-state index is 0.0213. The molecule has 0 saturated carbocycles. The minimum Gasteiger partial charge on any atom is -0.368 e. The number of nitrogens with zero attached hydrogens (tertiary/aromatic N) is 3. The molecule has 0 fully saturated rings. The molecule has 4 rings (SSSR count). The van der Waals surface area contributed by atoms with Crippen molar-refractivity contribution < 1.29 is 9.45 Å². The molecule has 1 aliphatic heterocycles. The van der Waals surface area contributed by atoms with Crippen LogP contribution in [0.25, 0.3) is 22.6 Å². The lowest BCUT2D eigenvalue weighted by atomic mass is 10.0. The zero-order valence-corrected chi connectivity index (χ0v) is 14.2. The number of rotatable bonds is 4. The molecule has 0 bridgehead atoms. The summed E-state index contributed by atoms with van der Waals surface area (Å²) in [4.78, 5) is 14.9. The number of aliphatic imine (C=N–C) groups is 1. The van der Waals surface area contributed by atoms with Crippen molar-refractivity contribution in [3.8, 4) is 22.6 Å². The molecule has 0 radical (unpaired) electrons. The summed E-state index contributed by atoms with van der Waals surface area (Å²) in [6.07, 6.45) is 0. The first-order valence-corrected chi connectivity index (χ1v) is 8.30. The van der Waals surface area contributed by atoms with Gasteiger partial charge < -0.3 is 9.84 Å². The largest absolute Gasteiger partial charge is 0.368 e. The van der Waals surface area contributed by atoms with Crippen LogP contribution in [0.2, 0.25) is 5.02 Å². The second kappa shape index (κ2) is 6.61. The summed E-state index contributed by atoms with van der Waals surface area (Å²) in [6.45, 7) is 1.40. The summed E-state index contributed by atoms with van der Waals surface area (Å²) < 4.78 is 5.62. The maximum absolute atomic E-state index is 10.9. The summed E-state index contributed by atoms with van der Waals surface area (Å²) in [5.41, 5.74) is 2.87. The molecule has 1 N–H and O–H groups in total. The van der Waals surface area contributed by atoms with Crippen molar-refractivity contribution in [1.82, 2.24) is 10.5 Å². The van der Waals surface area contributed by atoms with E-state index in [0.717, 1.165) is 17.7 Å². The predicted octanol–water partition coefficient (Wildman–Crippen LogP) is 3.92. The number of hydrogen-bond donors (Lipinski definition) is 1. The van der Waals surface area contributed by atoms with Crippen LogP contribution in [0.15, 0.2) is 58.0 Å². The Hall–Kier alpha value is -3.19. The number of hydrogen-bond acceptors (Lipinski definition) is 6. The van der Waals surface area contributed by atoms with E-state index in [1.807, 2.05) is 12.1 Å². The van der Waals surface area contributed by atoms with E-state index in [9.17, 15) is 10.1 Å². The van der Waals surface area contributed by atoms with Crippen LogP contribution >= 0.6 is 11.6 Å². The second-order valence-electron chi connectivity index (χ2n) is 5.70. The SMILES string of the molecule is O=[N+]([O-])c1ccc(-c2noc(-c3ccc(Cl)cc3)c2C2=NCCN2)cc1. The van der Waals surface area contributed by atoms with Crippen LogP contribution in [0.3, 0.4) is 0 Å². The number of benzene rings is 2. The monoisotopic (exact) mass is 368 g/mol. The van der Waals surface area contributed by atoms with Crippen LogP contribution in [0.4, 0.5) is 5.69 Å². The van der Waals surface area contributed by atoms with E-state index in [0.29, 0.717) is 34.4 Å². The Morgan fingerprint density at radius 2 is 1.77 bits per heavy atom. The molecule has 0 atom stereocenters. The van der Waals surface area contributed by atoms with Crippen molar-refractivity contribution in [3.05, 3.63) is 69.2 Å². The highest BCUT2D eigenvalue weighted by Crippen LogP contribution is 2.34. The summed E-state index contributed by atoms with van der Waals surface area (Å²) in [7, 11) is 0. The maximum atomic E-state index is 10.9. The van der Waals surface area contributed by atoms with Crippen molar-refractivity contribution in [2.24, 2.45) is 4.99 Å². The molecular weight excluding hydrogens is 356 g/mol. The van der Waals surface area contributed by atoms with Crippen LogP contribution in [0.1, 0.15) is 5.56 Å². The molecule has 0 saturated heterocycles. The fourth-order valence-electron chi connectivity index (χ4n) is 2.81. The van der Waals surface area contributed by atoms with Gasteiger partial charge in [-0.3, -0.25) is 15.1 Å². The van der Waals surface area contributed by atoms with Gasteiger partial charge in [-0.2, -0.15) is 0 Å². The third-order valence-corrected chi connectivity index (χ3v) is 4.31. The van der Waals surface area contributed by atoms with E-state index < -0.39 is 4.92 Å². The van der Waals surface area contributed by atoms with Gasteiger partial charge in [0, 0.05) is 34.8 Å². The molecular formula is C18H13ClN4O3. The lowest BCUT2D eigenvalue weighted by Gasteiger charge is -2.06. The van der Waals surface area contributed by atoms with Crippen molar-refractivity contribution >= 4 is 23.1 Å². The molecule has 0 aliphatic carbocycles. The third kappa shape index (κ3) is 2.93. The van der Waals surface area contributed by atoms with Crippen LogP contribution in [0, 0.1) is 10.1 Å². The molecule has 0 unspecified atom stereocenters. The van der Waals surface area contributed by atoms with Crippen molar-refractivity contribution in [1.29, 1.82) is 0 Å². The molecule has 2 aromatic carbocycles. The highest BCUT2D eigenvalue weighted by atomic mass is 35.5. The Balaban J connectivity index is 1.84. The molecule has 1 aromatic heterocycles. The fourth-order valence-corrected chi connectivity index (χ4v) is 2.94. The first kappa shape index (κ1) is 16.3. The van der Waals surface area contributed by atoms with Gasteiger partial charge in [-0.1, -0.05) is 16.8 Å². The second-order valence-corrected chi connectivity index (χ2v) is 6.14. The normalized spacial score (nSPS) is 13.3. The first-order valence-electron chi connectivity index (χ1n) is 7.92. The summed E-state index contributed by atoms with van der Waals surface area (Å²) in [5.74, 6) is 1.27. The Morgan fingerprint density at radius 3 is 2.38 bits per heavy atom. The van der Waals surface area contributed by atoms with Gasteiger partial charge >= 0.3 is 0 Å². The number of non-ortho nitro benzene ring substituents is 1.